The Labute approximate surface area is 128 Å². The SMILES string of the molecule is CC(C)C(CCO)NC(=O)CCC(=O)c1ccc(F)cc1F. The highest BCUT2D eigenvalue weighted by atomic mass is 19.1. The van der Waals surface area contributed by atoms with Crippen molar-refractivity contribution < 1.29 is 23.5 Å². The minimum Gasteiger partial charge on any atom is -0.396 e. The molecule has 1 rings (SSSR count). The summed E-state index contributed by atoms with van der Waals surface area (Å²) in [4.78, 5) is 23.7. The molecule has 2 N–H and O–H groups in total. The second-order valence-corrected chi connectivity index (χ2v) is 5.48. The van der Waals surface area contributed by atoms with Gasteiger partial charge >= 0.3 is 0 Å². The fourth-order valence-corrected chi connectivity index (χ4v) is 2.07. The van der Waals surface area contributed by atoms with Crippen molar-refractivity contribution in [1.82, 2.24) is 5.32 Å². The topological polar surface area (TPSA) is 66.4 Å². The molecule has 6 heteroatoms. The molecule has 0 bridgehead atoms. The van der Waals surface area contributed by atoms with Crippen LogP contribution in [0.15, 0.2) is 18.2 Å². The Balaban J connectivity index is 2.54. The summed E-state index contributed by atoms with van der Waals surface area (Å²) in [6, 6.07) is 2.55. The minimum absolute atomic E-state index is 0.0388. The van der Waals surface area contributed by atoms with Gasteiger partial charge in [-0.1, -0.05) is 13.8 Å². The van der Waals surface area contributed by atoms with Gasteiger partial charge in [0.2, 0.25) is 5.91 Å². The Kier molecular flexibility index (Phi) is 7.11. The van der Waals surface area contributed by atoms with E-state index in [1.54, 1.807) is 0 Å². The number of ketones is 1. The van der Waals surface area contributed by atoms with Crippen molar-refractivity contribution in [2.24, 2.45) is 5.92 Å². The van der Waals surface area contributed by atoms with E-state index >= 15 is 0 Å². The van der Waals surface area contributed by atoms with Gasteiger partial charge in [-0.3, -0.25) is 9.59 Å². The van der Waals surface area contributed by atoms with E-state index in [1.165, 1.54) is 0 Å². The van der Waals surface area contributed by atoms with Gasteiger partial charge in [0.05, 0.1) is 5.56 Å². The highest BCUT2D eigenvalue weighted by Crippen LogP contribution is 2.13. The first-order chi connectivity index (χ1) is 10.3. The average molecular weight is 313 g/mol. The van der Waals surface area contributed by atoms with Crippen molar-refractivity contribution >= 4 is 11.7 Å². The number of aliphatic hydroxyl groups excluding tert-OH is 1. The molecule has 0 radical (unpaired) electrons. The Morgan fingerprint density at radius 3 is 2.45 bits per heavy atom. The van der Waals surface area contributed by atoms with E-state index in [-0.39, 0.29) is 42.9 Å². The van der Waals surface area contributed by atoms with Gasteiger partial charge < -0.3 is 10.4 Å². The number of amides is 1. The molecule has 0 fully saturated rings. The van der Waals surface area contributed by atoms with E-state index in [9.17, 15) is 18.4 Å². The van der Waals surface area contributed by atoms with Crippen LogP contribution in [-0.2, 0) is 4.79 Å². The molecule has 0 saturated carbocycles. The smallest absolute Gasteiger partial charge is 0.220 e. The maximum Gasteiger partial charge on any atom is 0.220 e. The molecule has 0 spiro atoms. The van der Waals surface area contributed by atoms with E-state index in [2.05, 4.69) is 5.32 Å². The summed E-state index contributed by atoms with van der Waals surface area (Å²) in [5.41, 5.74) is -0.218. The molecule has 1 aromatic carbocycles. The summed E-state index contributed by atoms with van der Waals surface area (Å²) in [5, 5.41) is 11.7. The second kappa shape index (κ2) is 8.58. The molecular formula is C16H21F2NO3. The molecule has 0 saturated heterocycles. The van der Waals surface area contributed by atoms with Gasteiger partial charge in [0.25, 0.3) is 0 Å². The molecule has 0 aliphatic heterocycles. The monoisotopic (exact) mass is 313 g/mol. The third kappa shape index (κ3) is 5.52. The zero-order valence-corrected chi connectivity index (χ0v) is 12.7. The van der Waals surface area contributed by atoms with Crippen molar-refractivity contribution in [1.29, 1.82) is 0 Å². The first-order valence-corrected chi connectivity index (χ1v) is 7.23. The fraction of sp³-hybridized carbons (Fsp3) is 0.500. The second-order valence-electron chi connectivity index (χ2n) is 5.48. The molecule has 1 aromatic rings. The lowest BCUT2D eigenvalue weighted by Gasteiger charge is -2.21. The normalized spacial score (nSPS) is 12.3. The number of halogens is 2. The molecule has 0 heterocycles. The van der Waals surface area contributed by atoms with Crippen LogP contribution in [0.1, 0.15) is 43.5 Å². The number of hydrogen-bond donors (Lipinski definition) is 2. The van der Waals surface area contributed by atoms with Crippen molar-refractivity contribution in [3.8, 4) is 0 Å². The number of nitrogens with one attached hydrogen (secondary N) is 1. The van der Waals surface area contributed by atoms with E-state index in [4.69, 9.17) is 5.11 Å². The van der Waals surface area contributed by atoms with E-state index in [1.807, 2.05) is 13.8 Å². The lowest BCUT2D eigenvalue weighted by Crippen LogP contribution is -2.39. The molecule has 0 aliphatic rings. The summed E-state index contributed by atoms with van der Waals surface area (Å²) < 4.78 is 26.2. The largest absolute Gasteiger partial charge is 0.396 e. The lowest BCUT2D eigenvalue weighted by atomic mass is 10.0. The van der Waals surface area contributed by atoms with Gasteiger partial charge in [-0.25, -0.2) is 8.78 Å². The van der Waals surface area contributed by atoms with Crippen LogP contribution >= 0.6 is 0 Å². The third-order valence-corrected chi connectivity index (χ3v) is 3.40. The van der Waals surface area contributed by atoms with Crippen LogP contribution in [0.2, 0.25) is 0 Å². The molecule has 0 aromatic heterocycles. The van der Waals surface area contributed by atoms with Gasteiger partial charge in [0.1, 0.15) is 11.6 Å². The summed E-state index contributed by atoms with van der Waals surface area (Å²) in [7, 11) is 0. The maximum atomic E-state index is 13.5. The average Bonchev–Trinajstić information content (AvgIpc) is 2.44. The van der Waals surface area contributed by atoms with Gasteiger partial charge in [-0.05, 0) is 24.5 Å². The predicted molar refractivity (Wildman–Crippen MR) is 78.4 cm³/mol. The van der Waals surface area contributed by atoms with Gasteiger partial charge in [0, 0.05) is 31.6 Å². The summed E-state index contributed by atoms with van der Waals surface area (Å²) in [5.74, 6) is -2.40. The van der Waals surface area contributed by atoms with Gasteiger partial charge in [-0.15, -0.1) is 0 Å². The highest BCUT2D eigenvalue weighted by Gasteiger charge is 2.18. The van der Waals surface area contributed by atoms with Crippen molar-refractivity contribution in [2.75, 3.05) is 6.61 Å². The summed E-state index contributed by atoms with van der Waals surface area (Å²) >= 11 is 0. The quantitative estimate of drug-likeness (QED) is 0.725. The zero-order chi connectivity index (χ0) is 16.7. The number of hydrogen-bond acceptors (Lipinski definition) is 3. The highest BCUT2D eigenvalue weighted by molar-refractivity contribution is 5.98. The maximum absolute atomic E-state index is 13.5. The molecule has 22 heavy (non-hydrogen) atoms. The first-order valence-electron chi connectivity index (χ1n) is 7.23. The van der Waals surface area contributed by atoms with Crippen molar-refractivity contribution in [2.45, 2.75) is 39.2 Å². The Morgan fingerprint density at radius 2 is 1.91 bits per heavy atom. The molecule has 1 amide bonds. The van der Waals surface area contributed by atoms with Crippen LogP contribution < -0.4 is 5.32 Å². The predicted octanol–water partition coefficient (Wildman–Crippen LogP) is 2.45. The molecule has 4 nitrogen and oxygen atoms in total. The number of rotatable bonds is 8. The summed E-state index contributed by atoms with van der Waals surface area (Å²) in [6.45, 7) is 3.79. The molecule has 122 valence electrons. The van der Waals surface area contributed by atoms with Crippen molar-refractivity contribution in [3.63, 3.8) is 0 Å². The number of carbonyl (C=O) groups excluding carboxylic acids is 2. The Bertz CT molecular complexity index is 532. The van der Waals surface area contributed by atoms with Crippen LogP contribution in [0, 0.1) is 17.6 Å². The van der Waals surface area contributed by atoms with Gasteiger partial charge in [0.15, 0.2) is 5.78 Å². The van der Waals surface area contributed by atoms with E-state index in [0.29, 0.717) is 12.5 Å². The van der Waals surface area contributed by atoms with Crippen LogP contribution in [-0.4, -0.2) is 29.4 Å². The minimum atomic E-state index is -0.925. The van der Waals surface area contributed by atoms with Crippen LogP contribution in [0.5, 0.6) is 0 Å². The Morgan fingerprint density at radius 1 is 1.23 bits per heavy atom. The molecule has 1 atom stereocenters. The molecule has 0 aliphatic carbocycles. The van der Waals surface area contributed by atoms with E-state index < -0.39 is 17.4 Å². The van der Waals surface area contributed by atoms with Crippen LogP contribution in [0.3, 0.4) is 0 Å². The molecule has 1 unspecified atom stereocenters. The summed E-state index contributed by atoms with van der Waals surface area (Å²) in [6.07, 6.45) is 0.201. The van der Waals surface area contributed by atoms with E-state index in [0.717, 1.165) is 12.1 Å². The van der Waals surface area contributed by atoms with Crippen LogP contribution in [0.4, 0.5) is 8.78 Å². The first kappa shape index (κ1) is 18.2. The fourth-order valence-electron chi connectivity index (χ4n) is 2.07. The number of benzene rings is 1. The van der Waals surface area contributed by atoms with Crippen molar-refractivity contribution in [3.05, 3.63) is 35.4 Å². The Hall–Kier alpha value is -1.82. The van der Waals surface area contributed by atoms with Gasteiger partial charge in [-0.2, -0.15) is 0 Å². The molecular weight excluding hydrogens is 292 g/mol. The standard InChI is InChI=1S/C16H21F2NO3/c1-10(2)14(7-8-20)19-16(22)6-5-15(21)12-4-3-11(17)9-13(12)18/h3-4,9-10,14,20H,5-8H2,1-2H3,(H,19,22). The number of carbonyl (C=O) groups is 2. The number of aliphatic hydroxyl groups is 1. The third-order valence-electron chi connectivity index (χ3n) is 3.40. The van der Waals surface area contributed by atoms with Crippen LogP contribution in [0.25, 0.3) is 0 Å². The zero-order valence-electron chi connectivity index (χ0n) is 12.7. The number of Topliss-reactive ketones (excluding diaryl/α,β-unsaturated/α-hetero) is 1. The lowest BCUT2D eigenvalue weighted by molar-refractivity contribution is -0.122.